The van der Waals surface area contributed by atoms with Crippen molar-refractivity contribution in [1.29, 1.82) is 0 Å². The van der Waals surface area contributed by atoms with Crippen LogP contribution in [0.2, 0.25) is 0 Å². The zero-order valence-electron chi connectivity index (χ0n) is 15.8. The van der Waals surface area contributed by atoms with Crippen LogP contribution in [0, 0.1) is 13.8 Å². The molecule has 0 radical (unpaired) electrons. The second-order valence-corrected chi connectivity index (χ2v) is 6.64. The first-order valence-electron chi connectivity index (χ1n) is 9.08. The third-order valence-corrected chi connectivity index (χ3v) is 4.92. The Morgan fingerprint density at radius 2 is 2.08 bits per heavy atom. The van der Waals surface area contributed by atoms with Crippen LogP contribution in [0.25, 0.3) is 0 Å². The lowest BCUT2D eigenvalue weighted by molar-refractivity contribution is -0.121. The van der Waals surface area contributed by atoms with Crippen molar-refractivity contribution in [3.8, 4) is 0 Å². The number of aryl methyl sites for hydroxylation is 2. The molecular formula is C19H27N5O2. The molecule has 1 aliphatic heterocycles. The van der Waals surface area contributed by atoms with Gasteiger partial charge in [-0.15, -0.1) is 0 Å². The highest BCUT2D eigenvalue weighted by Gasteiger charge is 2.16. The van der Waals surface area contributed by atoms with Gasteiger partial charge in [-0.2, -0.15) is 5.10 Å². The van der Waals surface area contributed by atoms with Crippen LogP contribution in [-0.4, -0.2) is 47.0 Å². The Labute approximate surface area is 154 Å². The zero-order chi connectivity index (χ0) is 18.5. The Kier molecular flexibility index (Phi) is 5.88. The van der Waals surface area contributed by atoms with Gasteiger partial charge >= 0.3 is 0 Å². The van der Waals surface area contributed by atoms with Gasteiger partial charge in [0.2, 0.25) is 5.91 Å². The van der Waals surface area contributed by atoms with Crippen LogP contribution in [0.3, 0.4) is 0 Å². The van der Waals surface area contributed by atoms with Gasteiger partial charge in [0.1, 0.15) is 5.82 Å². The maximum atomic E-state index is 12.3. The molecular weight excluding hydrogens is 330 g/mol. The van der Waals surface area contributed by atoms with Crippen molar-refractivity contribution in [1.82, 2.24) is 20.1 Å². The number of pyridine rings is 1. The van der Waals surface area contributed by atoms with Crippen LogP contribution in [0.15, 0.2) is 18.3 Å². The van der Waals surface area contributed by atoms with Gasteiger partial charge in [-0.1, -0.05) is 6.07 Å². The van der Waals surface area contributed by atoms with Crippen LogP contribution in [0.5, 0.6) is 0 Å². The van der Waals surface area contributed by atoms with E-state index in [2.05, 4.69) is 20.3 Å². The maximum Gasteiger partial charge on any atom is 0.220 e. The Balaban J connectivity index is 1.56. The van der Waals surface area contributed by atoms with Crippen molar-refractivity contribution in [2.24, 2.45) is 7.05 Å². The van der Waals surface area contributed by atoms with E-state index in [1.807, 2.05) is 37.7 Å². The summed E-state index contributed by atoms with van der Waals surface area (Å²) in [4.78, 5) is 19.0. The van der Waals surface area contributed by atoms with Gasteiger partial charge in [-0.25, -0.2) is 4.98 Å². The van der Waals surface area contributed by atoms with E-state index in [0.29, 0.717) is 32.6 Å². The van der Waals surface area contributed by atoms with Crippen LogP contribution in [0.1, 0.15) is 28.9 Å². The second-order valence-electron chi connectivity index (χ2n) is 6.64. The summed E-state index contributed by atoms with van der Waals surface area (Å²) in [5.41, 5.74) is 4.33. The van der Waals surface area contributed by atoms with Crippen LogP contribution < -0.4 is 10.2 Å². The maximum absolute atomic E-state index is 12.3. The van der Waals surface area contributed by atoms with E-state index >= 15 is 0 Å². The molecule has 0 spiro atoms. The van der Waals surface area contributed by atoms with E-state index < -0.39 is 0 Å². The molecule has 26 heavy (non-hydrogen) atoms. The average Bonchev–Trinajstić information content (AvgIpc) is 2.91. The molecule has 1 amide bonds. The number of rotatable bonds is 6. The Morgan fingerprint density at radius 1 is 1.31 bits per heavy atom. The number of amides is 1. The van der Waals surface area contributed by atoms with Gasteiger partial charge in [0.05, 0.1) is 18.9 Å². The van der Waals surface area contributed by atoms with Gasteiger partial charge < -0.3 is 15.0 Å². The SMILES string of the molecule is Cc1nn(C)c(C)c1CCC(=O)NCc1cccnc1N1CCOCC1. The highest BCUT2D eigenvalue weighted by Crippen LogP contribution is 2.18. The van der Waals surface area contributed by atoms with Gasteiger partial charge in [-0.05, 0) is 31.9 Å². The minimum atomic E-state index is 0.0458. The number of carbonyl (C=O) groups excluding carboxylic acids is 1. The molecule has 7 nitrogen and oxygen atoms in total. The van der Waals surface area contributed by atoms with Gasteiger partial charge in [0.25, 0.3) is 0 Å². The van der Waals surface area contributed by atoms with E-state index in [4.69, 9.17) is 4.74 Å². The summed E-state index contributed by atoms with van der Waals surface area (Å²) in [6.07, 6.45) is 2.96. The monoisotopic (exact) mass is 357 g/mol. The minimum Gasteiger partial charge on any atom is -0.378 e. The predicted molar refractivity (Wildman–Crippen MR) is 100 cm³/mol. The first-order valence-corrected chi connectivity index (χ1v) is 9.08. The van der Waals surface area contributed by atoms with Crippen molar-refractivity contribution in [3.05, 3.63) is 40.8 Å². The number of nitrogens with zero attached hydrogens (tertiary/aromatic N) is 4. The van der Waals surface area contributed by atoms with Crippen LogP contribution >= 0.6 is 0 Å². The number of aromatic nitrogens is 3. The number of ether oxygens (including phenoxy) is 1. The fourth-order valence-electron chi connectivity index (χ4n) is 3.33. The second kappa shape index (κ2) is 8.31. The van der Waals surface area contributed by atoms with Crippen molar-refractivity contribution in [2.45, 2.75) is 33.2 Å². The summed E-state index contributed by atoms with van der Waals surface area (Å²) < 4.78 is 7.28. The Hall–Kier alpha value is -2.41. The van der Waals surface area contributed by atoms with E-state index in [0.717, 1.165) is 41.4 Å². The summed E-state index contributed by atoms with van der Waals surface area (Å²) in [6.45, 7) is 7.61. The number of carbonyl (C=O) groups is 1. The van der Waals surface area contributed by atoms with Crippen molar-refractivity contribution < 1.29 is 9.53 Å². The number of hydrogen-bond acceptors (Lipinski definition) is 5. The fraction of sp³-hybridized carbons (Fsp3) is 0.526. The van der Waals surface area contributed by atoms with E-state index in [-0.39, 0.29) is 5.91 Å². The third-order valence-electron chi connectivity index (χ3n) is 4.92. The number of hydrogen-bond donors (Lipinski definition) is 1. The summed E-state index contributed by atoms with van der Waals surface area (Å²) in [5, 5.41) is 7.44. The molecule has 0 bridgehead atoms. The Morgan fingerprint density at radius 3 is 2.77 bits per heavy atom. The average molecular weight is 357 g/mol. The standard InChI is InChI=1S/C19H27N5O2/c1-14-17(15(2)23(3)22-14)6-7-18(25)21-13-16-5-4-8-20-19(16)24-9-11-26-12-10-24/h4-5,8H,6-7,9-13H2,1-3H3,(H,21,25). The molecule has 0 aromatic carbocycles. The van der Waals surface area contributed by atoms with Gasteiger partial charge in [0.15, 0.2) is 0 Å². The molecule has 3 rings (SSSR count). The van der Waals surface area contributed by atoms with Crippen LogP contribution in [0.4, 0.5) is 5.82 Å². The van der Waals surface area contributed by atoms with Crippen molar-refractivity contribution >= 4 is 11.7 Å². The lowest BCUT2D eigenvalue weighted by atomic mass is 10.1. The zero-order valence-corrected chi connectivity index (χ0v) is 15.8. The molecule has 3 heterocycles. The Bertz CT molecular complexity index is 765. The third kappa shape index (κ3) is 4.22. The minimum absolute atomic E-state index is 0.0458. The molecule has 0 aliphatic carbocycles. The van der Waals surface area contributed by atoms with Gasteiger partial charge in [0, 0.05) is 50.6 Å². The molecule has 1 N–H and O–H groups in total. The number of nitrogens with one attached hydrogen (secondary N) is 1. The fourth-order valence-corrected chi connectivity index (χ4v) is 3.33. The molecule has 7 heteroatoms. The van der Waals surface area contributed by atoms with Crippen molar-refractivity contribution in [2.75, 3.05) is 31.2 Å². The number of anilines is 1. The molecule has 0 unspecified atom stereocenters. The molecule has 2 aromatic rings. The lowest BCUT2D eigenvalue weighted by Crippen LogP contribution is -2.37. The van der Waals surface area contributed by atoms with E-state index in [1.165, 1.54) is 0 Å². The quantitative estimate of drug-likeness (QED) is 0.849. The molecule has 140 valence electrons. The topological polar surface area (TPSA) is 72.3 Å². The summed E-state index contributed by atoms with van der Waals surface area (Å²) in [7, 11) is 1.93. The van der Waals surface area contributed by atoms with Gasteiger partial charge in [-0.3, -0.25) is 9.48 Å². The molecule has 1 fully saturated rings. The lowest BCUT2D eigenvalue weighted by Gasteiger charge is -2.29. The first-order chi connectivity index (χ1) is 12.6. The summed E-state index contributed by atoms with van der Waals surface area (Å²) in [5.74, 6) is 0.986. The van der Waals surface area contributed by atoms with Crippen molar-refractivity contribution in [3.63, 3.8) is 0 Å². The smallest absolute Gasteiger partial charge is 0.220 e. The highest BCUT2D eigenvalue weighted by atomic mass is 16.5. The predicted octanol–water partition coefficient (Wildman–Crippen LogP) is 1.52. The molecule has 1 aliphatic rings. The number of morpholine rings is 1. The molecule has 0 atom stereocenters. The normalized spacial score (nSPS) is 14.5. The first kappa shape index (κ1) is 18.4. The van der Waals surface area contributed by atoms with E-state index in [1.54, 1.807) is 6.20 Å². The highest BCUT2D eigenvalue weighted by molar-refractivity contribution is 5.76. The van der Waals surface area contributed by atoms with E-state index in [9.17, 15) is 4.79 Å². The molecule has 1 saturated heterocycles. The summed E-state index contributed by atoms with van der Waals surface area (Å²) >= 11 is 0. The molecule has 2 aromatic heterocycles. The molecule has 0 saturated carbocycles. The largest absolute Gasteiger partial charge is 0.378 e. The summed E-state index contributed by atoms with van der Waals surface area (Å²) in [6, 6.07) is 3.93. The van der Waals surface area contributed by atoms with Crippen LogP contribution in [-0.2, 0) is 29.5 Å².